The van der Waals surface area contributed by atoms with Gasteiger partial charge < -0.3 is 25.3 Å². The minimum absolute atomic E-state index is 0. The van der Waals surface area contributed by atoms with Crippen LogP contribution in [0, 0.1) is 5.82 Å². The van der Waals surface area contributed by atoms with Crippen LogP contribution in [0.1, 0.15) is 12.0 Å². The molecule has 4 rings (SSSR count). The van der Waals surface area contributed by atoms with E-state index in [1.54, 1.807) is 48.7 Å². The normalized spacial score (nSPS) is 19.8. The summed E-state index contributed by atoms with van der Waals surface area (Å²) in [7, 11) is 0. The summed E-state index contributed by atoms with van der Waals surface area (Å²) in [5.74, 6) is 1.63. The Morgan fingerprint density at radius 2 is 1.94 bits per heavy atom. The summed E-state index contributed by atoms with van der Waals surface area (Å²) in [5.41, 5.74) is 6.66. The molecule has 0 saturated carbocycles. The van der Waals surface area contributed by atoms with E-state index >= 15 is 0 Å². The number of amides is 1. The minimum atomic E-state index is -0.405. The Hall–Kier alpha value is -3.07. The topological polar surface area (TPSA) is 86.0 Å². The van der Waals surface area contributed by atoms with Crippen LogP contribution >= 0.6 is 12.4 Å². The number of halogens is 2. The molecule has 2 aromatic carbocycles. The van der Waals surface area contributed by atoms with Gasteiger partial charge in [-0.1, -0.05) is 12.1 Å². The van der Waals surface area contributed by atoms with Crippen molar-refractivity contribution in [2.45, 2.75) is 25.2 Å². The number of carbonyl (C=O) groups excluding carboxylic acids is 1. The van der Waals surface area contributed by atoms with Crippen LogP contribution in [0.2, 0.25) is 0 Å². The number of piperidine rings is 1. The number of allylic oxidation sites excluding steroid dienone is 1. The summed E-state index contributed by atoms with van der Waals surface area (Å²) < 4.78 is 30.3. The molecule has 0 radical (unpaired) electrons. The Kier molecular flexibility index (Phi) is 8.71. The molecule has 2 aliphatic rings. The maximum atomic E-state index is 13.2. The lowest BCUT2D eigenvalue weighted by molar-refractivity contribution is 0.0592. The first kappa shape index (κ1) is 24.6. The van der Waals surface area contributed by atoms with Gasteiger partial charge in [-0.2, -0.15) is 0 Å². The molecule has 3 N–H and O–H groups in total. The number of carbonyl (C=O) groups is 1. The van der Waals surface area contributed by atoms with Crippen molar-refractivity contribution in [1.82, 2.24) is 10.2 Å². The van der Waals surface area contributed by atoms with Crippen LogP contribution in [0.25, 0.3) is 0 Å². The summed E-state index contributed by atoms with van der Waals surface area (Å²) in [4.78, 5) is 13.8. The smallest absolute Gasteiger partial charge is 0.414 e. The van der Waals surface area contributed by atoms with E-state index < -0.39 is 6.09 Å². The van der Waals surface area contributed by atoms with Gasteiger partial charge in [0.25, 0.3) is 0 Å². The molecule has 1 amide bonds. The second kappa shape index (κ2) is 11.7. The monoisotopic (exact) mass is 475 g/mol. The molecule has 0 aliphatic carbocycles. The number of nitrogens with one attached hydrogen (secondary N) is 1. The molecule has 1 saturated heterocycles. The van der Waals surface area contributed by atoms with Gasteiger partial charge in [-0.15, -0.1) is 12.4 Å². The number of ether oxygens (including phenoxy) is 3. The van der Waals surface area contributed by atoms with E-state index in [9.17, 15) is 9.18 Å². The highest BCUT2D eigenvalue weighted by atomic mass is 35.5. The quantitative estimate of drug-likeness (QED) is 0.662. The van der Waals surface area contributed by atoms with Crippen LogP contribution in [0.4, 0.5) is 9.18 Å². The second-order valence-corrected chi connectivity index (χ2v) is 7.73. The summed E-state index contributed by atoms with van der Waals surface area (Å²) in [6.45, 7) is 1.98. The molecule has 33 heavy (non-hydrogen) atoms. The van der Waals surface area contributed by atoms with Gasteiger partial charge in [0.05, 0.1) is 6.54 Å². The minimum Gasteiger partial charge on any atom is -0.489 e. The predicted molar refractivity (Wildman–Crippen MR) is 125 cm³/mol. The fraction of sp³-hybridized carbons (Fsp3) is 0.292. The van der Waals surface area contributed by atoms with Crippen LogP contribution in [0.3, 0.4) is 0 Å². The highest BCUT2D eigenvalue weighted by Crippen LogP contribution is 2.22. The molecular formula is C24H27ClFN3O4. The molecule has 9 heteroatoms. The number of hydrogen-bond acceptors (Lipinski definition) is 6. The summed E-state index contributed by atoms with van der Waals surface area (Å²) in [6, 6.07) is 13.4. The van der Waals surface area contributed by atoms with Gasteiger partial charge in [0.15, 0.2) is 0 Å². The standard InChI is InChI=1S/C24H26FN3O4.ClH/c25-18-3-1-2-17(12-18)16-30-20-4-6-21(7-5-20)31-22-8-10-28(11-9-22)24(29)32-23-13-19(26)14-27-15-23;/h1-10,12,19,23,27H,11,13-16,26H2;1H. The van der Waals surface area contributed by atoms with Crippen molar-refractivity contribution < 1.29 is 23.4 Å². The molecule has 176 valence electrons. The van der Waals surface area contributed by atoms with Gasteiger partial charge in [0.2, 0.25) is 0 Å². The maximum Gasteiger partial charge on any atom is 0.414 e. The third-order valence-electron chi connectivity index (χ3n) is 5.11. The molecule has 2 heterocycles. The highest BCUT2D eigenvalue weighted by molar-refractivity contribution is 5.85. The predicted octanol–water partition coefficient (Wildman–Crippen LogP) is 3.74. The van der Waals surface area contributed by atoms with Crippen molar-refractivity contribution in [1.29, 1.82) is 0 Å². The van der Waals surface area contributed by atoms with Crippen molar-refractivity contribution >= 4 is 18.5 Å². The lowest BCUT2D eigenvalue weighted by Gasteiger charge is -2.29. The zero-order chi connectivity index (χ0) is 22.3. The number of nitrogens with two attached hydrogens (primary N) is 1. The summed E-state index contributed by atoms with van der Waals surface area (Å²) in [5, 5.41) is 3.15. The van der Waals surface area contributed by atoms with Crippen molar-refractivity contribution in [2.24, 2.45) is 5.73 Å². The van der Waals surface area contributed by atoms with Crippen LogP contribution < -0.4 is 20.5 Å². The van der Waals surface area contributed by atoms with Gasteiger partial charge in [-0.05, 0) is 54.1 Å². The molecule has 0 spiro atoms. The highest BCUT2D eigenvalue weighted by Gasteiger charge is 2.24. The van der Waals surface area contributed by atoms with Gasteiger partial charge in [-0.3, -0.25) is 4.90 Å². The Morgan fingerprint density at radius 3 is 2.64 bits per heavy atom. The first-order valence-corrected chi connectivity index (χ1v) is 10.5. The SMILES string of the molecule is Cl.NC1CNCC(OC(=O)N2C=CC(Oc3ccc(OCc4cccc(F)c4)cc3)=CC2)C1. The van der Waals surface area contributed by atoms with E-state index in [2.05, 4.69) is 5.32 Å². The zero-order valence-electron chi connectivity index (χ0n) is 18.0. The van der Waals surface area contributed by atoms with Gasteiger partial charge in [0, 0.05) is 31.8 Å². The lowest BCUT2D eigenvalue weighted by Crippen LogP contribution is -2.49. The van der Waals surface area contributed by atoms with E-state index in [0.29, 0.717) is 36.8 Å². The Balaban J connectivity index is 0.00000306. The molecular weight excluding hydrogens is 449 g/mol. The maximum absolute atomic E-state index is 13.2. The molecule has 0 aromatic heterocycles. The Bertz CT molecular complexity index is 999. The summed E-state index contributed by atoms with van der Waals surface area (Å²) in [6.07, 6.45) is 5.19. The molecule has 2 atom stereocenters. The van der Waals surface area contributed by atoms with Crippen molar-refractivity contribution in [3.8, 4) is 11.5 Å². The fourth-order valence-corrected chi connectivity index (χ4v) is 3.46. The Morgan fingerprint density at radius 1 is 1.15 bits per heavy atom. The number of rotatable bonds is 6. The van der Waals surface area contributed by atoms with Crippen LogP contribution in [-0.2, 0) is 11.3 Å². The second-order valence-electron chi connectivity index (χ2n) is 7.73. The van der Waals surface area contributed by atoms with Crippen molar-refractivity contribution in [3.63, 3.8) is 0 Å². The third kappa shape index (κ3) is 7.21. The largest absolute Gasteiger partial charge is 0.489 e. The molecule has 2 aromatic rings. The number of nitrogens with zero attached hydrogens (tertiary/aromatic N) is 1. The Labute approximate surface area is 198 Å². The molecule has 7 nitrogen and oxygen atoms in total. The van der Waals surface area contributed by atoms with Crippen molar-refractivity contribution in [2.75, 3.05) is 19.6 Å². The van der Waals surface area contributed by atoms with E-state index in [0.717, 1.165) is 12.1 Å². The third-order valence-corrected chi connectivity index (χ3v) is 5.11. The molecule has 1 fully saturated rings. The van der Waals surface area contributed by atoms with Crippen LogP contribution in [-0.4, -0.2) is 42.8 Å². The van der Waals surface area contributed by atoms with Gasteiger partial charge >= 0.3 is 6.09 Å². The van der Waals surface area contributed by atoms with Crippen LogP contribution in [0.5, 0.6) is 11.5 Å². The zero-order valence-corrected chi connectivity index (χ0v) is 18.8. The fourth-order valence-electron chi connectivity index (χ4n) is 3.46. The van der Waals surface area contributed by atoms with E-state index in [1.807, 2.05) is 6.07 Å². The van der Waals surface area contributed by atoms with E-state index in [1.165, 1.54) is 17.0 Å². The van der Waals surface area contributed by atoms with Gasteiger partial charge in [0.1, 0.15) is 35.8 Å². The van der Waals surface area contributed by atoms with Crippen LogP contribution in [0.15, 0.2) is 72.6 Å². The molecule has 2 aliphatic heterocycles. The van der Waals surface area contributed by atoms with Gasteiger partial charge in [-0.25, -0.2) is 9.18 Å². The first-order chi connectivity index (χ1) is 15.5. The summed E-state index contributed by atoms with van der Waals surface area (Å²) >= 11 is 0. The van der Waals surface area contributed by atoms with E-state index in [-0.39, 0.29) is 37.0 Å². The van der Waals surface area contributed by atoms with E-state index in [4.69, 9.17) is 19.9 Å². The molecule has 0 bridgehead atoms. The average Bonchev–Trinajstić information content (AvgIpc) is 2.79. The number of hydrogen-bond donors (Lipinski definition) is 2. The number of benzene rings is 2. The first-order valence-electron chi connectivity index (χ1n) is 10.5. The average molecular weight is 476 g/mol. The molecule has 2 unspecified atom stereocenters. The van der Waals surface area contributed by atoms with Crippen molar-refractivity contribution in [3.05, 3.63) is 84.0 Å². The lowest BCUT2D eigenvalue weighted by atomic mass is 10.1.